The SMILES string of the molecule is CCN(Cc1cccc(C(=O)O)c1F)c1ccc(F)cc1. The van der Waals surface area contributed by atoms with Gasteiger partial charge in [0.1, 0.15) is 11.6 Å². The second-order valence-corrected chi connectivity index (χ2v) is 4.57. The van der Waals surface area contributed by atoms with Gasteiger partial charge < -0.3 is 10.0 Å². The largest absolute Gasteiger partial charge is 0.478 e. The first-order valence-corrected chi connectivity index (χ1v) is 6.54. The van der Waals surface area contributed by atoms with Gasteiger partial charge in [0.2, 0.25) is 0 Å². The summed E-state index contributed by atoms with van der Waals surface area (Å²) in [4.78, 5) is 12.8. The molecule has 0 aromatic heterocycles. The van der Waals surface area contributed by atoms with Crippen LogP contribution in [0, 0.1) is 11.6 Å². The van der Waals surface area contributed by atoms with E-state index >= 15 is 0 Å². The van der Waals surface area contributed by atoms with Crippen molar-refractivity contribution in [2.24, 2.45) is 0 Å². The number of halogens is 2. The number of carbonyl (C=O) groups is 1. The number of nitrogens with zero attached hydrogens (tertiary/aromatic N) is 1. The van der Waals surface area contributed by atoms with Crippen LogP contribution in [0.25, 0.3) is 0 Å². The van der Waals surface area contributed by atoms with Crippen molar-refractivity contribution in [3.8, 4) is 0 Å². The smallest absolute Gasteiger partial charge is 0.338 e. The van der Waals surface area contributed by atoms with Crippen molar-refractivity contribution in [1.82, 2.24) is 0 Å². The van der Waals surface area contributed by atoms with Gasteiger partial charge in [-0.2, -0.15) is 0 Å². The maximum atomic E-state index is 14.1. The van der Waals surface area contributed by atoms with E-state index in [2.05, 4.69) is 0 Å². The Morgan fingerprint density at radius 2 is 1.81 bits per heavy atom. The Hall–Kier alpha value is -2.43. The summed E-state index contributed by atoms with van der Waals surface area (Å²) in [5.41, 5.74) is 0.697. The first-order valence-electron chi connectivity index (χ1n) is 6.54. The second-order valence-electron chi connectivity index (χ2n) is 4.57. The summed E-state index contributed by atoms with van der Waals surface area (Å²) in [6.07, 6.45) is 0. The molecule has 0 aliphatic heterocycles. The van der Waals surface area contributed by atoms with E-state index in [-0.39, 0.29) is 17.9 Å². The van der Waals surface area contributed by atoms with Crippen LogP contribution in [0.15, 0.2) is 42.5 Å². The summed E-state index contributed by atoms with van der Waals surface area (Å²) in [6, 6.07) is 10.2. The molecule has 2 aromatic rings. The molecule has 0 aliphatic carbocycles. The van der Waals surface area contributed by atoms with Crippen molar-refractivity contribution < 1.29 is 18.7 Å². The first-order chi connectivity index (χ1) is 10.0. The molecule has 0 saturated heterocycles. The zero-order chi connectivity index (χ0) is 15.4. The first kappa shape index (κ1) is 15.0. The molecular formula is C16H15F2NO2. The Morgan fingerprint density at radius 1 is 1.14 bits per heavy atom. The van der Waals surface area contributed by atoms with E-state index in [1.165, 1.54) is 24.3 Å². The summed E-state index contributed by atoms with van der Waals surface area (Å²) in [6.45, 7) is 2.69. The highest BCUT2D eigenvalue weighted by molar-refractivity contribution is 5.88. The molecule has 0 atom stereocenters. The summed E-state index contributed by atoms with van der Waals surface area (Å²) >= 11 is 0. The third-order valence-electron chi connectivity index (χ3n) is 3.24. The lowest BCUT2D eigenvalue weighted by atomic mass is 10.1. The van der Waals surface area contributed by atoms with Crippen molar-refractivity contribution in [3.05, 3.63) is 65.2 Å². The van der Waals surface area contributed by atoms with Crippen molar-refractivity contribution in [2.45, 2.75) is 13.5 Å². The summed E-state index contributed by atoms with van der Waals surface area (Å²) in [5, 5.41) is 8.93. The quantitative estimate of drug-likeness (QED) is 0.913. The van der Waals surface area contributed by atoms with E-state index in [1.807, 2.05) is 11.8 Å². The minimum Gasteiger partial charge on any atom is -0.478 e. The van der Waals surface area contributed by atoms with Crippen LogP contribution in [0.1, 0.15) is 22.8 Å². The maximum Gasteiger partial charge on any atom is 0.338 e. The Bertz CT molecular complexity index is 641. The molecule has 0 aliphatic rings. The molecule has 0 spiro atoms. The van der Waals surface area contributed by atoms with Gasteiger partial charge in [-0.25, -0.2) is 13.6 Å². The summed E-state index contributed by atoms with van der Waals surface area (Å²) in [7, 11) is 0. The molecule has 0 bridgehead atoms. The number of hydrogen-bond acceptors (Lipinski definition) is 2. The van der Waals surface area contributed by atoms with Gasteiger partial charge in [0.15, 0.2) is 0 Å². The average molecular weight is 291 g/mol. The zero-order valence-corrected chi connectivity index (χ0v) is 11.5. The monoisotopic (exact) mass is 291 g/mol. The van der Waals surface area contributed by atoms with Crippen molar-refractivity contribution in [3.63, 3.8) is 0 Å². The number of hydrogen-bond donors (Lipinski definition) is 1. The highest BCUT2D eigenvalue weighted by Crippen LogP contribution is 2.20. The molecule has 2 aromatic carbocycles. The van der Waals surface area contributed by atoms with Crippen LogP contribution in [-0.2, 0) is 6.54 Å². The number of anilines is 1. The lowest BCUT2D eigenvalue weighted by Crippen LogP contribution is -2.23. The van der Waals surface area contributed by atoms with Gasteiger partial charge in [0.05, 0.1) is 5.56 Å². The van der Waals surface area contributed by atoms with Crippen molar-refractivity contribution in [2.75, 3.05) is 11.4 Å². The van der Waals surface area contributed by atoms with Crippen LogP contribution >= 0.6 is 0 Å². The predicted molar refractivity (Wildman–Crippen MR) is 76.5 cm³/mol. The molecule has 5 heteroatoms. The Balaban J connectivity index is 2.29. The van der Waals surface area contributed by atoms with Crippen LogP contribution in [0.2, 0.25) is 0 Å². The second kappa shape index (κ2) is 6.35. The lowest BCUT2D eigenvalue weighted by molar-refractivity contribution is 0.0691. The van der Waals surface area contributed by atoms with E-state index in [0.717, 1.165) is 5.69 Å². The molecule has 110 valence electrons. The fourth-order valence-corrected chi connectivity index (χ4v) is 2.11. The third kappa shape index (κ3) is 3.37. The van der Waals surface area contributed by atoms with Gasteiger partial charge in [-0.05, 0) is 37.3 Å². The molecule has 0 radical (unpaired) electrons. The summed E-state index contributed by atoms with van der Waals surface area (Å²) in [5.74, 6) is -2.36. The Morgan fingerprint density at radius 3 is 2.38 bits per heavy atom. The van der Waals surface area contributed by atoms with Crippen LogP contribution < -0.4 is 4.90 Å². The highest BCUT2D eigenvalue weighted by atomic mass is 19.1. The Labute approximate surface area is 121 Å². The molecule has 1 N–H and O–H groups in total. The molecular weight excluding hydrogens is 276 g/mol. The van der Waals surface area contributed by atoms with Crippen LogP contribution in [0.4, 0.5) is 14.5 Å². The average Bonchev–Trinajstić information content (AvgIpc) is 2.47. The number of rotatable bonds is 5. The van der Waals surface area contributed by atoms with Crippen LogP contribution in [0.3, 0.4) is 0 Å². The number of benzene rings is 2. The van der Waals surface area contributed by atoms with Gasteiger partial charge in [0, 0.05) is 24.3 Å². The van der Waals surface area contributed by atoms with Gasteiger partial charge in [-0.1, -0.05) is 12.1 Å². The molecule has 2 rings (SSSR count). The zero-order valence-electron chi connectivity index (χ0n) is 11.5. The van der Waals surface area contributed by atoms with Crippen LogP contribution in [-0.4, -0.2) is 17.6 Å². The fraction of sp³-hybridized carbons (Fsp3) is 0.188. The van der Waals surface area contributed by atoms with Gasteiger partial charge in [-0.3, -0.25) is 0 Å². The standard InChI is InChI=1S/C16H15F2NO2/c1-2-19(13-8-6-12(17)7-9-13)10-11-4-3-5-14(15(11)18)16(20)21/h3-9H,2,10H2,1H3,(H,20,21). The van der Waals surface area contributed by atoms with Gasteiger partial charge >= 0.3 is 5.97 Å². The fourth-order valence-electron chi connectivity index (χ4n) is 2.11. The predicted octanol–water partition coefficient (Wildman–Crippen LogP) is 3.69. The van der Waals surface area contributed by atoms with E-state index < -0.39 is 11.8 Å². The molecule has 21 heavy (non-hydrogen) atoms. The number of carboxylic acid groups (broad SMARTS) is 1. The molecule has 3 nitrogen and oxygen atoms in total. The van der Waals surface area contributed by atoms with E-state index in [1.54, 1.807) is 18.2 Å². The number of carboxylic acids is 1. The van der Waals surface area contributed by atoms with Crippen molar-refractivity contribution in [1.29, 1.82) is 0 Å². The Kier molecular flexibility index (Phi) is 4.52. The van der Waals surface area contributed by atoms with E-state index in [4.69, 9.17) is 5.11 Å². The minimum atomic E-state index is -1.29. The normalized spacial score (nSPS) is 10.4. The third-order valence-corrected chi connectivity index (χ3v) is 3.24. The van der Waals surface area contributed by atoms with E-state index in [9.17, 15) is 13.6 Å². The van der Waals surface area contributed by atoms with Gasteiger partial charge in [-0.15, -0.1) is 0 Å². The molecule has 0 amide bonds. The lowest BCUT2D eigenvalue weighted by Gasteiger charge is -2.23. The number of aromatic carboxylic acids is 1. The topological polar surface area (TPSA) is 40.5 Å². The highest BCUT2D eigenvalue weighted by Gasteiger charge is 2.15. The van der Waals surface area contributed by atoms with Gasteiger partial charge in [0.25, 0.3) is 0 Å². The molecule has 0 heterocycles. The maximum absolute atomic E-state index is 14.1. The van der Waals surface area contributed by atoms with E-state index in [0.29, 0.717) is 12.1 Å². The molecule has 0 fully saturated rings. The van der Waals surface area contributed by atoms with Crippen LogP contribution in [0.5, 0.6) is 0 Å². The molecule has 0 saturated carbocycles. The minimum absolute atomic E-state index is 0.217. The summed E-state index contributed by atoms with van der Waals surface area (Å²) < 4.78 is 27.1. The molecule has 0 unspecified atom stereocenters. The van der Waals surface area contributed by atoms with Crippen molar-refractivity contribution >= 4 is 11.7 Å².